The Morgan fingerprint density at radius 3 is 3.22 bits per heavy atom. The van der Waals surface area contributed by atoms with E-state index in [1.54, 1.807) is 0 Å². The third-order valence-electron chi connectivity index (χ3n) is 3.00. The van der Waals surface area contributed by atoms with Crippen molar-refractivity contribution >= 4 is 0 Å². The molecule has 1 aliphatic heterocycles. The van der Waals surface area contributed by atoms with Gasteiger partial charge in [0.1, 0.15) is 18.1 Å². The second kappa shape index (κ2) is 6.45. The highest BCUT2D eigenvalue weighted by Gasteiger charge is 2.23. The van der Waals surface area contributed by atoms with E-state index in [9.17, 15) is 0 Å². The first-order valence-electron chi connectivity index (χ1n) is 6.59. The molecule has 3 heteroatoms. The third kappa shape index (κ3) is 3.05. The summed E-state index contributed by atoms with van der Waals surface area (Å²) in [7, 11) is 0. The minimum atomic E-state index is 0.321. The summed E-state index contributed by atoms with van der Waals surface area (Å²) in [6, 6.07) is 6.41. The molecule has 0 aromatic heterocycles. The maximum Gasteiger partial charge on any atom is 0.127 e. The number of hydrogen-bond acceptors (Lipinski definition) is 3. The van der Waals surface area contributed by atoms with Crippen molar-refractivity contribution in [2.45, 2.75) is 25.8 Å². The normalized spacial score (nSPS) is 17.1. The molecule has 98 valence electrons. The molecule has 0 aliphatic carbocycles. The molecule has 2 rings (SSSR count). The summed E-state index contributed by atoms with van der Waals surface area (Å²) < 4.78 is 11.3. The molecule has 0 saturated carbocycles. The van der Waals surface area contributed by atoms with Gasteiger partial charge >= 0.3 is 0 Å². The van der Waals surface area contributed by atoms with E-state index < -0.39 is 0 Å². The minimum absolute atomic E-state index is 0.321. The fourth-order valence-electron chi connectivity index (χ4n) is 2.03. The molecule has 1 heterocycles. The van der Waals surface area contributed by atoms with E-state index in [1.807, 2.05) is 18.2 Å². The number of benzene rings is 1. The molecule has 0 radical (unpaired) electrons. The van der Waals surface area contributed by atoms with Crippen molar-refractivity contribution in [1.82, 2.24) is 5.32 Å². The first-order valence-corrected chi connectivity index (χ1v) is 6.59. The molecule has 0 spiro atoms. The largest absolute Gasteiger partial charge is 0.493 e. The summed E-state index contributed by atoms with van der Waals surface area (Å²) in [6.07, 6.45) is 3.85. The smallest absolute Gasteiger partial charge is 0.127 e. The summed E-state index contributed by atoms with van der Waals surface area (Å²) >= 11 is 0. The second-order valence-electron chi connectivity index (χ2n) is 4.44. The lowest BCUT2D eigenvalue weighted by molar-refractivity contribution is 0.305. The maximum atomic E-state index is 5.69. The van der Waals surface area contributed by atoms with Gasteiger partial charge in [-0.2, -0.15) is 0 Å². The van der Waals surface area contributed by atoms with Crippen molar-refractivity contribution in [1.29, 1.82) is 0 Å². The van der Waals surface area contributed by atoms with Crippen LogP contribution in [0.25, 0.3) is 0 Å². The molecule has 1 unspecified atom stereocenters. The molecule has 1 N–H and O–H groups in total. The summed E-state index contributed by atoms with van der Waals surface area (Å²) in [4.78, 5) is 0. The molecule has 1 aliphatic rings. The molecular weight excluding hydrogens is 226 g/mol. The topological polar surface area (TPSA) is 30.5 Å². The Hall–Kier alpha value is -1.48. The Labute approximate surface area is 109 Å². The number of rotatable bonds is 7. The molecule has 1 aromatic rings. The van der Waals surface area contributed by atoms with E-state index in [-0.39, 0.29) is 0 Å². The van der Waals surface area contributed by atoms with Gasteiger partial charge in [-0.05, 0) is 31.5 Å². The SMILES string of the molecule is C=CCCOc1ccc2c(c1)OCC2NCCC. The van der Waals surface area contributed by atoms with Crippen molar-refractivity contribution < 1.29 is 9.47 Å². The first-order chi connectivity index (χ1) is 8.85. The van der Waals surface area contributed by atoms with E-state index in [0.29, 0.717) is 19.3 Å². The molecule has 1 atom stereocenters. The van der Waals surface area contributed by atoms with Gasteiger partial charge in [0.2, 0.25) is 0 Å². The Balaban J connectivity index is 1.98. The number of fused-ring (bicyclic) bond motifs is 1. The highest BCUT2D eigenvalue weighted by Crippen LogP contribution is 2.35. The molecule has 0 saturated heterocycles. The average Bonchev–Trinajstić information content (AvgIpc) is 2.79. The molecule has 1 aromatic carbocycles. The lowest BCUT2D eigenvalue weighted by Crippen LogP contribution is -2.22. The zero-order valence-electron chi connectivity index (χ0n) is 10.9. The van der Waals surface area contributed by atoms with Crippen LogP contribution in [0.5, 0.6) is 11.5 Å². The standard InChI is InChI=1S/C15H21NO2/c1-3-5-9-17-12-6-7-13-14(16-8-4-2)11-18-15(13)10-12/h3,6-7,10,14,16H,1,4-5,8-9,11H2,2H3. The van der Waals surface area contributed by atoms with Gasteiger partial charge in [-0.15, -0.1) is 6.58 Å². The van der Waals surface area contributed by atoms with Gasteiger partial charge in [-0.1, -0.05) is 13.0 Å². The Bertz CT molecular complexity index is 403. The summed E-state index contributed by atoms with van der Waals surface area (Å²) in [5.41, 5.74) is 1.24. The van der Waals surface area contributed by atoms with Gasteiger partial charge < -0.3 is 14.8 Å². The van der Waals surface area contributed by atoms with Crippen LogP contribution in [0.1, 0.15) is 31.4 Å². The number of ether oxygens (including phenoxy) is 2. The van der Waals surface area contributed by atoms with Crippen LogP contribution < -0.4 is 14.8 Å². The van der Waals surface area contributed by atoms with Crippen LogP contribution in [0.15, 0.2) is 30.9 Å². The van der Waals surface area contributed by atoms with E-state index in [1.165, 1.54) is 5.56 Å². The Morgan fingerprint density at radius 2 is 2.44 bits per heavy atom. The zero-order valence-corrected chi connectivity index (χ0v) is 10.9. The number of nitrogens with one attached hydrogen (secondary N) is 1. The maximum absolute atomic E-state index is 5.69. The van der Waals surface area contributed by atoms with Gasteiger partial charge in [0, 0.05) is 11.6 Å². The summed E-state index contributed by atoms with van der Waals surface area (Å²) in [6.45, 7) is 8.24. The molecule has 0 amide bonds. The highest BCUT2D eigenvalue weighted by molar-refractivity contribution is 5.45. The van der Waals surface area contributed by atoms with Crippen molar-refractivity contribution in [3.05, 3.63) is 36.4 Å². The molecular formula is C15H21NO2. The average molecular weight is 247 g/mol. The van der Waals surface area contributed by atoms with Crippen LogP contribution >= 0.6 is 0 Å². The minimum Gasteiger partial charge on any atom is -0.493 e. The number of hydrogen-bond donors (Lipinski definition) is 1. The van der Waals surface area contributed by atoms with Gasteiger partial charge in [-0.3, -0.25) is 0 Å². The van der Waals surface area contributed by atoms with Crippen molar-refractivity contribution in [2.24, 2.45) is 0 Å². The van der Waals surface area contributed by atoms with Crippen molar-refractivity contribution in [3.8, 4) is 11.5 Å². The predicted molar refractivity (Wildman–Crippen MR) is 73.3 cm³/mol. The van der Waals surface area contributed by atoms with Gasteiger partial charge in [0.05, 0.1) is 12.6 Å². The second-order valence-corrected chi connectivity index (χ2v) is 4.44. The van der Waals surface area contributed by atoms with Gasteiger partial charge in [0.15, 0.2) is 0 Å². The van der Waals surface area contributed by atoms with Crippen LogP contribution in [0, 0.1) is 0 Å². The van der Waals surface area contributed by atoms with E-state index >= 15 is 0 Å². The van der Waals surface area contributed by atoms with Gasteiger partial charge in [-0.25, -0.2) is 0 Å². The van der Waals surface area contributed by atoms with Crippen molar-refractivity contribution in [2.75, 3.05) is 19.8 Å². The lowest BCUT2D eigenvalue weighted by Gasteiger charge is -2.10. The fraction of sp³-hybridized carbons (Fsp3) is 0.467. The van der Waals surface area contributed by atoms with Crippen LogP contribution in [-0.2, 0) is 0 Å². The van der Waals surface area contributed by atoms with Crippen LogP contribution in [0.4, 0.5) is 0 Å². The van der Waals surface area contributed by atoms with E-state index in [0.717, 1.165) is 30.9 Å². The molecule has 0 bridgehead atoms. The third-order valence-corrected chi connectivity index (χ3v) is 3.00. The van der Waals surface area contributed by atoms with Crippen LogP contribution in [-0.4, -0.2) is 19.8 Å². The van der Waals surface area contributed by atoms with Crippen LogP contribution in [0.2, 0.25) is 0 Å². The monoisotopic (exact) mass is 247 g/mol. The van der Waals surface area contributed by atoms with E-state index in [4.69, 9.17) is 9.47 Å². The summed E-state index contributed by atoms with van der Waals surface area (Å²) in [5, 5.41) is 3.48. The quantitative estimate of drug-likeness (QED) is 0.593. The molecule has 18 heavy (non-hydrogen) atoms. The van der Waals surface area contributed by atoms with Crippen LogP contribution in [0.3, 0.4) is 0 Å². The molecule has 0 fully saturated rings. The first kappa shape index (κ1) is 13.0. The Kier molecular flexibility index (Phi) is 4.65. The highest BCUT2D eigenvalue weighted by atomic mass is 16.5. The van der Waals surface area contributed by atoms with Gasteiger partial charge in [0.25, 0.3) is 0 Å². The fourth-order valence-corrected chi connectivity index (χ4v) is 2.03. The predicted octanol–water partition coefficient (Wildman–Crippen LogP) is 3.07. The lowest BCUT2D eigenvalue weighted by atomic mass is 10.1. The van der Waals surface area contributed by atoms with Crippen molar-refractivity contribution in [3.63, 3.8) is 0 Å². The zero-order chi connectivity index (χ0) is 12.8. The Morgan fingerprint density at radius 1 is 1.56 bits per heavy atom. The summed E-state index contributed by atoms with van der Waals surface area (Å²) in [5.74, 6) is 1.81. The van der Waals surface area contributed by atoms with E-state index in [2.05, 4.69) is 24.9 Å². The molecule has 3 nitrogen and oxygen atoms in total.